The average Bonchev–Trinajstić information content (AvgIpc) is 2.87. The summed E-state index contributed by atoms with van der Waals surface area (Å²) in [5.74, 6) is -0.565. The Balaban J connectivity index is 1.64. The first-order valence-electron chi connectivity index (χ1n) is 10.4. The van der Waals surface area contributed by atoms with Crippen LogP contribution < -0.4 is 4.74 Å². The van der Waals surface area contributed by atoms with Gasteiger partial charge in [-0.05, 0) is 54.4 Å². The molecule has 0 atom stereocenters. The number of benzene rings is 3. The minimum absolute atomic E-state index is 0.0211. The summed E-state index contributed by atoms with van der Waals surface area (Å²) in [7, 11) is -2.53. The third-order valence-electron chi connectivity index (χ3n) is 5.32. The van der Waals surface area contributed by atoms with E-state index in [-0.39, 0.29) is 39.7 Å². The van der Waals surface area contributed by atoms with Crippen molar-refractivity contribution in [1.82, 2.24) is 4.98 Å². The van der Waals surface area contributed by atoms with Gasteiger partial charge in [0, 0.05) is 11.6 Å². The molecule has 0 radical (unpaired) electrons. The van der Waals surface area contributed by atoms with Crippen LogP contribution in [0, 0.1) is 11.3 Å². The van der Waals surface area contributed by atoms with Gasteiger partial charge in [-0.15, -0.1) is 0 Å². The molecule has 0 amide bonds. The number of aryl methyl sites for hydroxylation is 1. The number of nitriles is 1. The zero-order valence-electron chi connectivity index (χ0n) is 18.3. The second-order valence-electron chi connectivity index (χ2n) is 7.42. The number of fused-ring (bicyclic) bond motifs is 1. The lowest BCUT2D eigenvalue weighted by Crippen LogP contribution is -2.12. The lowest BCUT2D eigenvalue weighted by Gasteiger charge is -2.13. The third kappa shape index (κ3) is 4.75. The summed E-state index contributed by atoms with van der Waals surface area (Å²) < 4.78 is 36.9. The smallest absolute Gasteiger partial charge is 0.341 e. The quantitative estimate of drug-likeness (QED) is 0.359. The van der Waals surface area contributed by atoms with Crippen LogP contribution in [0.5, 0.6) is 11.5 Å². The number of carbonyl (C=O) groups excluding carboxylic acids is 1. The Morgan fingerprint density at radius 2 is 1.76 bits per heavy atom. The number of pyridine rings is 1. The largest absolute Gasteiger partial charge is 0.465 e. The normalized spacial score (nSPS) is 11.1. The Morgan fingerprint density at radius 3 is 2.56 bits per heavy atom. The predicted molar refractivity (Wildman–Crippen MR) is 127 cm³/mol. The fraction of sp³-hybridized carbons (Fsp3) is 0.115. The fourth-order valence-electron chi connectivity index (χ4n) is 3.56. The van der Waals surface area contributed by atoms with Crippen molar-refractivity contribution in [2.24, 2.45) is 0 Å². The molecule has 0 spiro atoms. The molecule has 170 valence electrons. The first-order chi connectivity index (χ1) is 16.4. The molecule has 4 rings (SSSR count). The minimum atomic E-state index is -3.73. The van der Waals surface area contributed by atoms with Gasteiger partial charge in [-0.3, -0.25) is 4.98 Å². The summed E-state index contributed by atoms with van der Waals surface area (Å²) >= 11 is 0. The first-order valence-corrected chi connectivity index (χ1v) is 12.0. The van der Waals surface area contributed by atoms with E-state index in [1.165, 1.54) is 25.3 Å². The molecule has 0 aliphatic heterocycles. The second kappa shape index (κ2) is 9.73. The van der Waals surface area contributed by atoms with Gasteiger partial charge in [0.1, 0.15) is 23.1 Å². The number of esters is 1. The highest BCUT2D eigenvalue weighted by Crippen LogP contribution is 2.31. The van der Waals surface area contributed by atoms with Crippen molar-refractivity contribution in [3.63, 3.8) is 0 Å². The van der Waals surface area contributed by atoms with Gasteiger partial charge in [0.25, 0.3) is 0 Å². The highest BCUT2D eigenvalue weighted by Gasteiger charge is 2.22. The molecule has 0 aliphatic rings. The van der Waals surface area contributed by atoms with E-state index in [2.05, 4.69) is 4.98 Å². The standard InChI is InChI=1S/C26H20N2O5S/c1-32-26(29)22-16-20(10-11-25(22)33-24-9-5-2-6-19(24)17-27)34(30,31)15-13-18-12-14-28-23-8-4-3-7-21(18)23/h2-12,14,16H,13,15H2,1H3. The molecule has 0 fully saturated rings. The molecule has 4 aromatic rings. The van der Waals surface area contributed by atoms with E-state index in [0.29, 0.717) is 0 Å². The number of carbonyl (C=O) groups is 1. The molecular formula is C26H20N2O5S. The van der Waals surface area contributed by atoms with Crippen LogP contribution in [0.1, 0.15) is 21.5 Å². The maximum Gasteiger partial charge on any atom is 0.341 e. The van der Waals surface area contributed by atoms with Crippen molar-refractivity contribution in [1.29, 1.82) is 5.26 Å². The van der Waals surface area contributed by atoms with Gasteiger partial charge in [-0.1, -0.05) is 30.3 Å². The SMILES string of the molecule is COC(=O)c1cc(S(=O)(=O)CCc2ccnc3ccccc23)ccc1Oc1ccccc1C#N. The number of para-hydroxylation sites is 2. The fourth-order valence-corrected chi connectivity index (χ4v) is 4.86. The maximum absolute atomic E-state index is 13.1. The number of aromatic nitrogens is 1. The molecule has 34 heavy (non-hydrogen) atoms. The first kappa shape index (κ1) is 23.0. The molecule has 1 heterocycles. The highest BCUT2D eigenvalue weighted by atomic mass is 32.2. The molecule has 0 saturated heterocycles. The van der Waals surface area contributed by atoms with Crippen LogP contribution in [0.2, 0.25) is 0 Å². The van der Waals surface area contributed by atoms with Gasteiger partial charge >= 0.3 is 5.97 Å². The number of nitrogens with zero attached hydrogens (tertiary/aromatic N) is 2. The summed E-state index contributed by atoms with van der Waals surface area (Å²) in [5.41, 5.74) is 1.89. The van der Waals surface area contributed by atoms with Crippen LogP contribution in [-0.2, 0) is 21.0 Å². The van der Waals surface area contributed by atoms with Crippen molar-refractivity contribution in [3.05, 3.63) is 95.7 Å². The van der Waals surface area contributed by atoms with Crippen LogP contribution in [0.25, 0.3) is 10.9 Å². The molecule has 0 bridgehead atoms. The van der Waals surface area contributed by atoms with E-state index in [1.807, 2.05) is 30.3 Å². The molecular weight excluding hydrogens is 452 g/mol. The molecule has 3 aromatic carbocycles. The minimum Gasteiger partial charge on any atom is -0.465 e. The predicted octanol–water partition coefficient (Wildman–Crippen LogP) is 4.70. The van der Waals surface area contributed by atoms with Crippen molar-refractivity contribution in [3.8, 4) is 17.6 Å². The zero-order chi connectivity index (χ0) is 24.1. The lowest BCUT2D eigenvalue weighted by molar-refractivity contribution is 0.0597. The molecule has 7 nitrogen and oxygen atoms in total. The number of rotatable bonds is 7. The zero-order valence-corrected chi connectivity index (χ0v) is 19.1. The summed E-state index contributed by atoms with van der Waals surface area (Å²) in [6.07, 6.45) is 1.94. The van der Waals surface area contributed by atoms with Gasteiger partial charge in [0.15, 0.2) is 9.84 Å². The van der Waals surface area contributed by atoms with Crippen LogP contribution >= 0.6 is 0 Å². The number of ether oxygens (including phenoxy) is 2. The number of hydrogen-bond donors (Lipinski definition) is 0. The summed E-state index contributed by atoms with van der Waals surface area (Å²) in [6.45, 7) is 0. The Hall–Kier alpha value is -4.22. The number of sulfone groups is 1. The third-order valence-corrected chi connectivity index (χ3v) is 7.04. The second-order valence-corrected chi connectivity index (χ2v) is 9.52. The summed E-state index contributed by atoms with van der Waals surface area (Å²) in [5, 5.41) is 10.2. The van der Waals surface area contributed by atoms with E-state index in [4.69, 9.17) is 9.47 Å². The molecule has 0 N–H and O–H groups in total. The van der Waals surface area contributed by atoms with E-state index < -0.39 is 15.8 Å². The van der Waals surface area contributed by atoms with E-state index in [1.54, 1.807) is 36.5 Å². The Bertz CT molecular complexity index is 1520. The number of hydrogen-bond acceptors (Lipinski definition) is 7. The van der Waals surface area contributed by atoms with Gasteiger partial charge in [0.2, 0.25) is 0 Å². The topological polar surface area (TPSA) is 106 Å². The molecule has 0 unspecified atom stereocenters. The Morgan fingerprint density at radius 1 is 1.00 bits per heavy atom. The molecule has 8 heteroatoms. The Labute approximate surface area is 197 Å². The van der Waals surface area contributed by atoms with Crippen molar-refractivity contribution in [2.75, 3.05) is 12.9 Å². The Kier molecular flexibility index (Phi) is 6.57. The molecule has 1 aromatic heterocycles. The van der Waals surface area contributed by atoms with Gasteiger partial charge in [0.05, 0.1) is 28.8 Å². The van der Waals surface area contributed by atoms with E-state index in [9.17, 15) is 18.5 Å². The van der Waals surface area contributed by atoms with Crippen molar-refractivity contribution >= 4 is 26.7 Å². The van der Waals surface area contributed by atoms with Crippen molar-refractivity contribution in [2.45, 2.75) is 11.3 Å². The van der Waals surface area contributed by atoms with Gasteiger partial charge in [-0.2, -0.15) is 5.26 Å². The van der Waals surface area contributed by atoms with Crippen LogP contribution in [-0.4, -0.2) is 32.2 Å². The summed E-state index contributed by atoms with van der Waals surface area (Å²) in [4.78, 5) is 16.7. The molecule has 0 saturated carbocycles. The van der Waals surface area contributed by atoms with Crippen molar-refractivity contribution < 1.29 is 22.7 Å². The summed E-state index contributed by atoms with van der Waals surface area (Å²) in [6, 6.07) is 21.9. The monoisotopic (exact) mass is 472 g/mol. The van der Waals surface area contributed by atoms with Crippen LogP contribution in [0.4, 0.5) is 0 Å². The van der Waals surface area contributed by atoms with E-state index in [0.717, 1.165) is 16.5 Å². The maximum atomic E-state index is 13.1. The number of methoxy groups -OCH3 is 1. The van der Waals surface area contributed by atoms with Crippen LogP contribution in [0.15, 0.2) is 83.9 Å². The average molecular weight is 473 g/mol. The van der Waals surface area contributed by atoms with E-state index >= 15 is 0 Å². The van der Waals surface area contributed by atoms with Gasteiger partial charge in [-0.25, -0.2) is 13.2 Å². The molecule has 0 aliphatic carbocycles. The van der Waals surface area contributed by atoms with Crippen LogP contribution in [0.3, 0.4) is 0 Å². The van der Waals surface area contributed by atoms with Gasteiger partial charge < -0.3 is 9.47 Å². The highest BCUT2D eigenvalue weighted by molar-refractivity contribution is 7.91. The lowest BCUT2D eigenvalue weighted by atomic mass is 10.1.